The summed E-state index contributed by atoms with van der Waals surface area (Å²) >= 11 is 9.59. The molecule has 5 heterocycles. The molecule has 1 fully saturated rings. The van der Waals surface area contributed by atoms with E-state index in [1.807, 2.05) is 80.8 Å². The largest absolute Gasteiger partial charge is 0.491 e. The van der Waals surface area contributed by atoms with Gasteiger partial charge in [0.25, 0.3) is 0 Å². The first-order chi connectivity index (χ1) is 36.4. The molecule has 4 amide bonds. The van der Waals surface area contributed by atoms with Crippen molar-refractivity contribution in [3.05, 3.63) is 134 Å². The molecule has 0 unspecified atom stereocenters. The van der Waals surface area contributed by atoms with Crippen LogP contribution in [-0.2, 0) is 39.9 Å². The predicted octanol–water partition coefficient (Wildman–Crippen LogP) is 8.10. The molecule has 4 atom stereocenters. The lowest BCUT2D eigenvalue weighted by molar-refractivity contribution is -0.144. The highest BCUT2D eigenvalue weighted by Crippen LogP contribution is 2.40. The first kappa shape index (κ1) is 55.9. The van der Waals surface area contributed by atoms with E-state index in [1.54, 1.807) is 46.9 Å². The molecular weight excluding hydrogens is 1030 g/mol. The summed E-state index contributed by atoms with van der Waals surface area (Å²) < 4.78 is 24.7. The Bertz CT molecular complexity index is 3020. The number of aliphatic hydroxyl groups is 1. The van der Waals surface area contributed by atoms with E-state index in [0.717, 1.165) is 49.2 Å². The minimum absolute atomic E-state index is 0.0208. The molecule has 2 aliphatic heterocycles. The minimum Gasteiger partial charge on any atom is -0.491 e. The molecule has 2 aliphatic rings. The summed E-state index contributed by atoms with van der Waals surface area (Å²) in [6, 6.07) is 22.3. The number of ether oxygens (including phenoxy) is 4. The second-order valence-electron chi connectivity index (χ2n) is 19.9. The summed E-state index contributed by atoms with van der Waals surface area (Å²) in [5, 5.41) is 31.8. The summed E-state index contributed by atoms with van der Waals surface area (Å²) in [7, 11) is 0. The van der Waals surface area contributed by atoms with E-state index in [4.69, 9.17) is 35.5 Å². The van der Waals surface area contributed by atoms with Crippen LogP contribution in [0.5, 0.6) is 5.75 Å². The summed E-state index contributed by atoms with van der Waals surface area (Å²) in [5.41, 5.74) is 6.90. The van der Waals surface area contributed by atoms with Crippen LogP contribution < -0.4 is 20.7 Å². The van der Waals surface area contributed by atoms with Crippen LogP contribution in [0.25, 0.3) is 15.4 Å². The molecule has 3 aromatic heterocycles. The number of hydrogen-bond acceptors (Lipinski definition) is 14. The van der Waals surface area contributed by atoms with Crippen molar-refractivity contribution in [3.8, 4) is 21.2 Å². The Morgan fingerprint density at radius 1 is 0.829 bits per heavy atom. The highest BCUT2D eigenvalue weighted by molar-refractivity contribution is 7.15. The Balaban J connectivity index is 0.709. The predicted molar refractivity (Wildman–Crippen MR) is 295 cm³/mol. The van der Waals surface area contributed by atoms with Gasteiger partial charge in [-0.15, -0.1) is 32.9 Å². The number of halogens is 1. The van der Waals surface area contributed by atoms with Crippen LogP contribution in [0.3, 0.4) is 0 Å². The van der Waals surface area contributed by atoms with Crippen LogP contribution in [0.15, 0.2) is 89.2 Å². The third-order valence-corrected chi connectivity index (χ3v) is 15.7. The lowest BCUT2D eigenvalue weighted by Crippen LogP contribution is -2.58. The zero-order valence-corrected chi connectivity index (χ0v) is 46.2. The van der Waals surface area contributed by atoms with Gasteiger partial charge in [0.15, 0.2) is 5.82 Å². The number of aromatic nitrogens is 3. The van der Waals surface area contributed by atoms with Crippen molar-refractivity contribution in [1.29, 1.82) is 0 Å². The first-order valence-corrected chi connectivity index (χ1v) is 27.3. The van der Waals surface area contributed by atoms with E-state index < -0.39 is 41.5 Å². The third kappa shape index (κ3) is 13.8. The number of likely N-dealkylation sites (tertiary alicyclic amines) is 1. The van der Waals surface area contributed by atoms with Crippen LogP contribution in [0.1, 0.15) is 84.0 Å². The van der Waals surface area contributed by atoms with Crippen molar-refractivity contribution in [1.82, 2.24) is 30.3 Å². The van der Waals surface area contributed by atoms with Crippen molar-refractivity contribution in [2.24, 2.45) is 10.4 Å². The summed E-state index contributed by atoms with van der Waals surface area (Å²) in [6.07, 6.45) is -0.741. The summed E-state index contributed by atoms with van der Waals surface area (Å²) in [4.78, 5) is 63.0. The van der Waals surface area contributed by atoms with E-state index in [-0.39, 0.29) is 57.6 Å². The number of carbonyl (C=O) groups excluding carboxylic acids is 4. The second-order valence-corrected chi connectivity index (χ2v) is 22.5. The molecule has 76 heavy (non-hydrogen) atoms. The summed E-state index contributed by atoms with van der Waals surface area (Å²) in [5.74, 6) is 0.385. The lowest BCUT2D eigenvalue weighted by Gasteiger charge is -2.35. The number of hydrogen-bond donors (Lipinski definition) is 4. The Morgan fingerprint density at radius 2 is 1.50 bits per heavy atom. The number of aliphatic imine (C=N–C) groups is 1. The van der Waals surface area contributed by atoms with Gasteiger partial charge in [0.05, 0.1) is 51.3 Å². The van der Waals surface area contributed by atoms with Crippen LogP contribution >= 0.6 is 34.3 Å². The van der Waals surface area contributed by atoms with Crippen molar-refractivity contribution < 1.29 is 43.2 Å². The molecule has 3 aromatic carbocycles. The Labute approximate surface area is 456 Å². The van der Waals surface area contributed by atoms with Gasteiger partial charge in [-0.25, -0.2) is 0 Å². The standard InChI is InChI=1S/C56H65ClN8O9S2/c1-33-20-27-75-50(33)39-10-8-37(9-11-39)30-58-53(69)45-28-42(66)31-64(45)54(70)51(56(5,6)7)61-47(68)32-73-24-23-71-21-22-72-25-26-74-43-18-16-41(17-19-43)59-46(67)29-44-52-63-62-36(4)65(52)55-48(34(2)35(3)76-55)49(60-44)38-12-14-40(57)15-13-38/h8-20,27,42,44-45,51,66H,21-26,28-32H2,1-7H3,(H,58,69)(H,59,67)(H,61,68)/t42-,44+,45+,51-/m1/s1. The SMILES string of the molecule is Cc1ccsc1-c1ccc(CNC(=O)[C@@H]2C[C@@H](O)CN2C(=O)[C@@H](NC(=O)COCCOCCOCCOc2ccc(NC(=O)C[C@@H]3N=C(c4ccc(Cl)cc4)c4c(sc(C)c4C)-n4c(C)nnc43)cc2)C(C)(C)C)cc1. The number of carbonyl (C=O) groups is 4. The van der Waals surface area contributed by atoms with Gasteiger partial charge in [-0.3, -0.25) is 28.7 Å². The van der Waals surface area contributed by atoms with Crippen LogP contribution in [0, 0.1) is 33.1 Å². The molecule has 0 bridgehead atoms. The van der Waals surface area contributed by atoms with Crippen molar-refractivity contribution in [2.75, 3.05) is 58.1 Å². The van der Waals surface area contributed by atoms with Crippen molar-refractivity contribution in [3.63, 3.8) is 0 Å². The van der Waals surface area contributed by atoms with Gasteiger partial charge in [0.1, 0.15) is 47.9 Å². The van der Waals surface area contributed by atoms with Gasteiger partial charge in [-0.1, -0.05) is 68.8 Å². The van der Waals surface area contributed by atoms with Gasteiger partial charge in [0.2, 0.25) is 23.6 Å². The molecule has 17 nitrogen and oxygen atoms in total. The average molecular weight is 1090 g/mol. The highest BCUT2D eigenvalue weighted by Gasteiger charge is 2.44. The number of nitrogens with one attached hydrogen (secondary N) is 3. The number of benzene rings is 3. The maximum absolute atomic E-state index is 14.0. The number of thiophene rings is 2. The van der Waals surface area contributed by atoms with Crippen LogP contribution in [-0.4, -0.2) is 125 Å². The maximum atomic E-state index is 14.0. The fourth-order valence-corrected chi connectivity index (χ4v) is 11.3. The monoisotopic (exact) mass is 1090 g/mol. The number of amides is 4. The molecule has 1 saturated heterocycles. The van der Waals surface area contributed by atoms with E-state index in [1.165, 1.54) is 15.3 Å². The molecule has 6 aromatic rings. The van der Waals surface area contributed by atoms with Gasteiger partial charge < -0.3 is 44.9 Å². The van der Waals surface area contributed by atoms with Gasteiger partial charge in [-0.05, 0) is 103 Å². The lowest BCUT2D eigenvalue weighted by atomic mass is 9.85. The molecule has 4 N–H and O–H groups in total. The first-order valence-electron chi connectivity index (χ1n) is 25.3. The number of β-amino-alcohol motifs (C(OH)–C–C–N with tert-alkyl or cyclic N) is 1. The molecular formula is C56H65ClN8O9S2. The molecule has 402 valence electrons. The maximum Gasteiger partial charge on any atom is 0.246 e. The number of anilines is 1. The molecule has 8 rings (SSSR count). The molecule has 0 saturated carbocycles. The quantitative estimate of drug-likeness (QED) is 0.0478. The van der Waals surface area contributed by atoms with Crippen molar-refractivity contribution >= 4 is 69.3 Å². The molecule has 0 radical (unpaired) electrons. The molecule has 0 spiro atoms. The molecule has 20 heteroatoms. The van der Waals surface area contributed by atoms with E-state index >= 15 is 0 Å². The number of rotatable bonds is 22. The Morgan fingerprint density at radius 3 is 2.17 bits per heavy atom. The third-order valence-electron chi connectivity index (χ3n) is 13.2. The zero-order chi connectivity index (χ0) is 54.1. The van der Waals surface area contributed by atoms with Crippen molar-refractivity contribution in [2.45, 2.75) is 92.1 Å². The number of nitrogens with zero attached hydrogens (tertiary/aromatic N) is 5. The minimum atomic E-state index is -0.975. The number of aryl methyl sites for hydroxylation is 3. The van der Waals surface area contributed by atoms with Crippen LogP contribution in [0.4, 0.5) is 5.69 Å². The van der Waals surface area contributed by atoms with Gasteiger partial charge in [0, 0.05) is 51.1 Å². The Hall–Kier alpha value is -6.32. The smallest absolute Gasteiger partial charge is 0.246 e. The number of fused-ring (bicyclic) bond motifs is 3. The van der Waals surface area contributed by atoms with E-state index in [2.05, 4.69) is 58.4 Å². The highest BCUT2D eigenvalue weighted by atomic mass is 35.5. The van der Waals surface area contributed by atoms with Crippen LogP contribution in [0.2, 0.25) is 5.02 Å². The van der Waals surface area contributed by atoms with Gasteiger partial charge >= 0.3 is 0 Å². The average Bonchev–Trinajstić information content (AvgIpc) is 4.19. The molecule has 0 aliphatic carbocycles. The fourth-order valence-electron chi connectivity index (χ4n) is 9.05. The topological polar surface area (TPSA) is 208 Å². The van der Waals surface area contributed by atoms with E-state index in [9.17, 15) is 24.3 Å². The second kappa shape index (κ2) is 25.2. The Kier molecular flexibility index (Phi) is 18.6. The summed E-state index contributed by atoms with van der Waals surface area (Å²) in [6.45, 7) is 15.1. The zero-order valence-electron chi connectivity index (χ0n) is 43.8. The van der Waals surface area contributed by atoms with Gasteiger partial charge in [-0.2, -0.15) is 0 Å². The fraction of sp³-hybridized carbons (Fsp3) is 0.411. The number of aliphatic hydroxyl groups excluding tert-OH is 1. The van der Waals surface area contributed by atoms with E-state index in [0.29, 0.717) is 48.7 Å². The normalized spacial score (nSPS) is 16.6.